The Morgan fingerprint density at radius 2 is 1.75 bits per heavy atom. The summed E-state index contributed by atoms with van der Waals surface area (Å²) < 4.78 is 5.37. The highest BCUT2D eigenvalue weighted by atomic mass is 16.3. The number of furan rings is 1. The van der Waals surface area contributed by atoms with E-state index in [4.69, 9.17) is 9.40 Å². The zero-order valence-corrected chi connectivity index (χ0v) is 16.8. The number of anilines is 3. The molecule has 1 aliphatic rings. The van der Waals surface area contributed by atoms with E-state index in [1.165, 1.54) is 16.8 Å². The fourth-order valence-corrected chi connectivity index (χ4v) is 3.63. The first kappa shape index (κ1) is 18.3. The highest BCUT2D eigenvalue weighted by Gasteiger charge is 2.20. The average Bonchev–Trinajstić information content (AvgIpc) is 3.22. The summed E-state index contributed by atoms with van der Waals surface area (Å²) in [7, 11) is 0. The van der Waals surface area contributed by atoms with Gasteiger partial charge in [-0.1, -0.05) is 12.1 Å². The molecule has 4 rings (SSSR count). The molecule has 6 heteroatoms. The number of aromatic nitrogens is 2. The van der Waals surface area contributed by atoms with Gasteiger partial charge in [-0.05, 0) is 50.1 Å². The van der Waals surface area contributed by atoms with Crippen LogP contribution < -0.4 is 15.1 Å². The topological polar surface area (TPSA) is 57.4 Å². The molecule has 0 saturated carbocycles. The number of aryl methyl sites for hydroxylation is 2. The van der Waals surface area contributed by atoms with Crippen molar-refractivity contribution in [3.05, 3.63) is 65.2 Å². The summed E-state index contributed by atoms with van der Waals surface area (Å²) in [6.45, 7) is 10.8. The van der Waals surface area contributed by atoms with Crippen LogP contribution in [-0.4, -0.2) is 36.1 Å². The van der Waals surface area contributed by atoms with Crippen molar-refractivity contribution in [2.45, 2.75) is 27.3 Å². The fourth-order valence-electron chi connectivity index (χ4n) is 3.63. The van der Waals surface area contributed by atoms with Crippen molar-refractivity contribution in [3.63, 3.8) is 0 Å². The molecular formula is C22H27N5O. The summed E-state index contributed by atoms with van der Waals surface area (Å²) >= 11 is 0. The van der Waals surface area contributed by atoms with E-state index < -0.39 is 0 Å². The van der Waals surface area contributed by atoms with Gasteiger partial charge < -0.3 is 19.5 Å². The molecule has 3 aromatic rings. The van der Waals surface area contributed by atoms with Gasteiger partial charge in [0.05, 0.1) is 12.8 Å². The second kappa shape index (κ2) is 7.92. The molecule has 1 aromatic carbocycles. The Labute approximate surface area is 166 Å². The number of nitrogens with zero attached hydrogens (tertiary/aromatic N) is 4. The van der Waals surface area contributed by atoms with Crippen molar-refractivity contribution in [1.82, 2.24) is 9.97 Å². The van der Waals surface area contributed by atoms with Crippen molar-refractivity contribution in [2.24, 2.45) is 0 Å². The van der Waals surface area contributed by atoms with Crippen molar-refractivity contribution >= 4 is 17.5 Å². The van der Waals surface area contributed by atoms with Gasteiger partial charge in [-0.3, -0.25) is 0 Å². The first-order valence-corrected chi connectivity index (χ1v) is 9.78. The maximum Gasteiger partial charge on any atom is 0.225 e. The first-order chi connectivity index (χ1) is 13.6. The van der Waals surface area contributed by atoms with Crippen LogP contribution in [0.25, 0.3) is 0 Å². The molecule has 1 aliphatic heterocycles. The molecule has 0 amide bonds. The predicted molar refractivity (Wildman–Crippen MR) is 113 cm³/mol. The lowest BCUT2D eigenvalue weighted by atomic mass is 10.1. The van der Waals surface area contributed by atoms with Gasteiger partial charge in [-0.25, -0.2) is 4.98 Å². The maximum absolute atomic E-state index is 5.37. The summed E-state index contributed by atoms with van der Waals surface area (Å²) in [5.74, 6) is 2.49. The monoisotopic (exact) mass is 377 g/mol. The van der Waals surface area contributed by atoms with Crippen LogP contribution in [0.3, 0.4) is 0 Å². The minimum absolute atomic E-state index is 0.580. The second-order valence-electron chi connectivity index (χ2n) is 7.32. The van der Waals surface area contributed by atoms with E-state index in [2.05, 4.69) is 58.2 Å². The van der Waals surface area contributed by atoms with Crippen LogP contribution >= 0.6 is 0 Å². The molecule has 2 aromatic heterocycles. The van der Waals surface area contributed by atoms with Gasteiger partial charge in [0.1, 0.15) is 11.6 Å². The van der Waals surface area contributed by atoms with E-state index in [-0.39, 0.29) is 0 Å². The zero-order chi connectivity index (χ0) is 19.5. The SMILES string of the molecule is Cc1cc(N2CCN(c3cccc(C)c3C)CC2)nc(NCc2ccco2)n1. The Morgan fingerprint density at radius 3 is 2.50 bits per heavy atom. The molecule has 0 aliphatic carbocycles. The lowest BCUT2D eigenvalue weighted by Gasteiger charge is -2.37. The molecule has 6 nitrogen and oxygen atoms in total. The third-order valence-corrected chi connectivity index (χ3v) is 5.36. The molecule has 1 N–H and O–H groups in total. The lowest BCUT2D eigenvalue weighted by Crippen LogP contribution is -2.47. The molecule has 1 fully saturated rings. The normalized spacial score (nSPS) is 14.4. The minimum atomic E-state index is 0.580. The van der Waals surface area contributed by atoms with Gasteiger partial charge in [0.2, 0.25) is 5.95 Å². The summed E-state index contributed by atoms with van der Waals surface area (Å²) in [4.78, 5) is 14.1. The number of hydrogen-bond donors (Lipinski definition) is 1. The molecule has 0 atom stereocenters. The predicted octanol–water partition coefficient (Wildman–Crippen LogP) is 3.93. The van der Waals surface area contributed by atoms with Gasteiger partial charge in [0.15, 0.2) is 0 Å². The summed E-state index contributed by atoms with van der Waals surface area (Å²) in [6, 6.07) is 12.4. The smallest absolute Gasteiger partial charge is 0.225 e. The van der Waals surface area contributed by atoms with E-state index in [0.29, 0.717) is 12.5 Å². The minimum Gasteiger partial charge on any atom is -0.467 e. The Bertz CT molecular complexity index is 930. The highest BCUT2D eigenvalue weighted by molar-refractivity contribution is 5.57. The molecule has 0 unspecified atom stereocenters. The average molecular weight is 377 g/mol. The van der Waals surface area contributed by atoms with Crippen LogP contribution in [0, 0.1) is 20.8 Å². The van der Waals surface area contributed by atoms with E-state index in [1.807, 2.05) is 19.1 Å². The van der Waals surface area contributed by atoms with E-state index >= 15 is 0 Å². The van der Waals surface area contributed by atoms with Crippen molar-refractivity contribution in [2.75, 3.05) is 41.3 Å². The Kier molecular flexibility index (Phi) is 5.19. The molecule has 28 heavy (non-hydrogen) atoms. The van der Waals surface area contributed by atoms with Crippen LogP contribution in [0.5, 0.6) is 0 Å². The Morgan fingerprint density at radius 1 is 0.964 bits per heavy atom. The number of piperazine rings is 1. The summed E-state index contributed by atoms with van der Waals surface area (Å²) in [5.41, 5.74) is 5.03. The van der Waals surface area contributed by atoms with Gasteiger partial charge in [0, 0.05) is 43.6 Å². The maximum atomic E-state index is 5.37. The second-order valence-corrected chi connectivity index (χ2v) is 7.32. The van der Waals surface area contributed by atoms with Gasteiger partial charge >= 0.3 is 0 Å². The Hall–Kier alpha value is -3.02. The van der Waals surface area contributed by atoms with Crippen LogP contribution in [0.2, 0.25) is 0 Å². The largest absolute Gasteiger partial charge is 0.467 e. The molecular weight excluding hydrogens is 350 g/mol. The molecule has 1 saturated heterocycles. The molecule has 0 bridgehead atoms. The lowest BCUT2D eigenvalue weighted by molar-refractivity contribution is 0.517. The van der Waals surface area contributed by atoms with Crippen molar-refractivity contribution in [3.8, 4) is 0 Å². The van der Waals surface area contributed by atoms with Gasteiger partial charge in [-0.15, -0.1) is 0 Å². The van der Waals surface area contributed by atoms with Crippen LogP contribution in [0.1, 0.15) is 22.6 Å². The quantitative estimate of drug-likeness (QED) is 0.727. The van der Waals surface area contributed by atoms with Crippen LogP contribution in [0.4, 0.5) is 17.5 Å². The van der Waals surface area contributed by atoms with E-state index in [0.717, 1.165) is 43.5 Å². The molecule has 3 heterocycles. The third kappa shape index (κ3) is 3.96. The number of benzene rings is 1. The molecule has 146 valence electrons. The van der Waals surface area contributed by atoms with Gasteiger partial charge in [-0.2, -0.15) is 4.98 Å². The molecule has 0 radical (unpaired) electrons. The Balaban J connectivity index is 1.43. The summed E-state index contributed by atoms with van der Waals surface area (Å²) in [6.07, 6.45) is 1.68. The van der Waals surface area contributed by atoms with E-state index in [9.17, 15) is 0 Å². The van der Waals surface area contributed by atoms with E-state index in [1.54, 1.807) is 6.26 Å². The molecule has 0 spiro atoms. The number of hydrogen-bond acceptors (Lipinski definition) is 6. The third-order valence-electron chi connectivity index (χ3n) is 5.36. The first-order valence-electron chi connectivity index (χ1n) is 9.78. The van der Waals surface area contributed by atoms with Gasteiger partial charge in [0.25, 0.3) is 0 Å². The standard InChI is InChI=1S/C22H27N5O/c1-16-6-4-8-20(18(16)3)26-9-11-27(12-10-26)21-14-17(2)24-22(25-21)23-15-19-7-5-13-28-19/h4-8,13-14H,9-12,15H2,1-3H3,(H,23,24,25). The highest BCUT2D eigenvalue weighted by Crippen LogP contribution is 2.25. The number of nitrogens with one attached hydrogen (secondary N) is 1. The number of rotatable bonds is 5. The van der Waals surface area contributed by atoms with Crippen molar-refractivity contribution < 1.29 is 4.42 Å². The summed E-state index contributed by atoms with van der Waals surface area (Å²) in [5, 5.41) is 3.26. The van der Waals surface area contributed by atoms with Crippen LogP contribution in [-0.2, 0) is 6.54 Å². The van der Waals surface area contributed by atoms with Crippen molar-refractivity contribution in [1.29, 1.82) is 0 Å². The zero-order valence-electron chi connectivity index (χ0n) is 16.8. The fraction of sp³-hybridized carbons (Fsp3) is 0.364. The van der Waals surface area contributed by atoms with Crippen LogP contribution in [0.15, 0.2) is 47.1 Å².